The molecule has 1 heterocycles. The molecule has 5 heteroatoms. The Kier molecular flexibility index (Phi) is 2.93. The number of rotatable bonds is 2. The van der Waals surface area contributed by atoms with E-state index in [9.17, 15) is 9.59 Å². The average molecular weight is 232 g/mol. The summed E-state index contributed by atoms with van der Waals surface area (Å²) in [6.07, 6.45) is 0.357. The molecule has 88 valence electrons. The standard InChI is InChI=1S/C12H12N2O3/c1-7(15)14-12(17)9-6-13-10-5-3-2-4-8(10)11(9)16/h2-7,15H,1H3,(H,13,16)(H,14,17). The molecule has 0 aliphatic rings. The summed E-state index contributed by atoms with van der Waals surface area (Å²) < 4.78 is 0. The van der Waals surface area contributed by atoms with Crippen LogP contribution in [0.2, 0.25) is 0 Å². The highest BCUT2D eigenvalue weighted by Crippen LogP contribution is 2.06. The lowest BCUT2D eigenvalue weighted by molar-refractivity contribution is 0.0817. The van der Waals surface area contributed by atoms with Crippen molar-refractivity contribution in [1.82, 2.24) is 10.3 Å². The van der Waals surface area contributed by atoms with Gasteiger partial charge in [-0.1, -0.05) is 12.1 Å². The highest BCUT2D eigenvalue weighted by molar-refractivity contribution is 5.97. The smallest absolute Gasteiger partial charge is 0.258 e. The van der Waals surface area contributed by atoms with Crippen LogP contribution in [0.15, 0.2) is 35.3 Å². The largest absolute Gasteiger partial charge is 0.374 e. The molecule has 0 aliphatic carbocycles. The van der Waals surface area contributed by atoms with Crippen molar-refractivity contribution in [2.75, 3.05) is 0 Å². The molecule has 3 N–H and O–H groups in total. The molecule has 17 heavy (non-hydrogen) atoms. The van der Waals surface area contributed by atoms with Crippen molar-refractivity contribution >= 4 is 16.8 Å². The molecule has 5 nitrogen and oxygen atoms in total. The summed E-state index contributed by atoms with van der Waals surface area (Å²) in [5, 5.41) is 11.8. The second-order valence-electron chi connectivity index (χ2n) is 3.73. The first-order chi connectivity index (χ1) is 8.09. The maximum absolute atomic E-state index is 12.0. The molecule has 1 unspecified atom stereocenters. The lowest BCUT2D eigenvalue weighted by Gasteiger charge is -2.07. The van der Waals surface area contributed by atoms with Crippen molar-refractivity contribution in [3.8, 4) is 0 Å². The summed E-state index contributed by atoms with van der Waals surface area (Å²) in [4.78, 5) is 26.5. The number of amides is 1. The Morgan fingerprint density at radius 1 is 1.41 bits per heavy atom. The van der Waals surface area contributed by atoms with E-state index < -0.39 is 12.1 Å². The van der Waals surface area contributed by atoms with Gasteiger partial charge in [-0.25, -0.2) is 0 Å². The van der Waals surface area contributed by atoms with E-state index in [0.717, 1.165) is 0 Å². The fourth-order valence-electron chi connectivity index (χ4n) is 1.60. The topological polar surface area (TPSA) is 82.2 Å². The first-order valence-electron chi connectivity index (χ1n) is 5.19. The molecule has 0 spiro atoms. The van der Waals surface area contributed by atoms with Crippen molar-refractivity contribution in [2.45, 2.75) is 13.2 Å². The van der Waals surface area contributed by atoms with Gasteiger partial charge in [-0.05, 0) is 19.1 Å². The van der Waals surface area contributed by atoms with Crippen LogP contribution in [0.5, 0.6) is 0 Å². The number of carbonyl (C=O) groups excluding carboxylic acids is 1. The number of pyridine rings is 1. The SMILES string of the molecule is CC(O)NC(=O)c1c[nH]c2ccccc2c1=O. The minimum Gasteiger partial charge on any atom is -0.374 e. The molecular formula is C12H12N2O3. The quantitative estimate of drug-likeness (QED) is 0.663. The number of hydrogen-bond acceptors (Lipinski definition) is 3. The zero-order valence-corrected chi connectivity index (χ0v) is 9.23. The van der Waals surface area contributed by atoms with Gasteiger partial charge in [0.2, 0.25) is 5.43 Å². The number of hydrogen-bond donors (Lipinski definition) is 3. The van der Waals surface area contributed by atoms with Gasteiger partial charge in [-0.3, -0.25) is 9.59 Å². The Morgan fingerprint density at radius 2 is 2.12 bits per heavy atom. The van der Waals surface area contributed by atoms with Crippen LogP contribution in [0.25, 0.3) is 10.9 Å². The van der Waals surface area contributed by atoms with Gasteiger partial charge in [-0.2, -0.15) is 0 Å². The minimum absolute atomic E-state index is 0.00963. The van der Waals surface area contributed by atoms with Gasteiger partial charge in [0.15, 0.2) is 0 Å². The van der Waals surface area contributed by atoms with E-state index in [4.69, 9.17) is 5.11 Å². The van der Waals surface area contributed by atoms with Gasteiger partial charge < -0.3 is 15.4 Å². The molecule has 0 fully saturated rings. The number of nitrogens with one attached hydrogen (secondary N) is 2. The Morgan fingerprint density at radius 3 is 2.82 bits per heavy atom. The van der Waals surface area contributed by atoms with Crippen LogP contribution in [-0.4, -0.2) is 22.2 Å². The Labute approximate surface area is 97.1 Å². The van der Waals surface area contributed by atoms with Gasteiger partial charge in [-0.15, -0.1) is 0 Å². The lowest BCUT2D eigenvalue weighted by atomic mass is 10.1. The Bertz CT molecular complexity index is 616. The third kappa shape index (κ3) is 2.19. The molecule has 2 aromatic rings. The summed E-state index contributed by atoms with van der Waals surface area (Å²) in [5.74, 6) is -0.591. The van der Waals surface area contributed by atoms with E-state index >= 15 is 0 Å². The number of aliphatic hydroxyl groups is 1. The summed E-state index contributed by atoms with van der Waals surface area (Å²) in [6, 6.07) is 6.93. The zero-order valence-electron chi connectivity index (χ0n) is 9.23. The van der Waals surface area contributed by atoms with Crippen LogP contribution >= 0.6 is 0 Å². The van der Waals surface area contributed by atoms with Gasteiger partial charge in [0, 0.05) is 17.1 Å². The van der Waals surface area contributed by atoms with Crippen molar-refractivity contribution in [1.29, 1.82) is 0 Å². The molecule has 0 saturated carbocycles. The minimum atomic E-state index is -0.992. The van der Waals surface area contributed by atoms with Gasteiger partial charge in [0.1, 0.15) is 11.8 Å². The predicted molar refractivity (Wildman–Crippen MR) is 63.7 cm³/mol. The lowest BCUT2D eigenvalue weighted by Crippen LogP contribution is -2.35. The summed E-state index contributed by atoms with van der Waals surface area (Å²) >= 11 is 0. The van der Waals surface area contributed by atoms with Crippen LogP contribution < -0.4 is 10.7 Å². The molecule has 0 bridgehead atoms. The van der Waals surface area contributed by atoms with Crippen LogP contribution in [0, 0.1) is 0 Å². The molecule has 1 atom stereocenters. The number of aliphatic hydroxyl groups excluding tert-OH is 1. The van der Waals surface area contributed by atoms with E-state index in [1.54, 1.807) is 24.3 Å². The molecule has 2 rings (SSSR count). The molecule has 0 saturated heterocycles. The molecular weight excluding hydrogens is 220 g/mol. The third-order valence-corrected chi connectivity index (χ3v) is 2.37. The molecule has 1 aromatic heterocycles. The van der Waals surface area contributed by atoms with Crippen molar-refractivity contribution in [3.63, 3.8) is 0 Å². The molecule has 0 aliphatic heterocycles. The Hall–Kier alpha value is -2.14. The molecule has 1 amide bonds. The number of benzene rings is 1. The zero-order chi connectivity index (χ0) is 12.4. The summed E-state index contributed by atoms with van der Waals surface area (Å²) in [7, 11) is 0. The fraction of sp³-hybridized carbons (Fsp3) is 0.167. The third-order valence-electron chi connectivity index (χ3n) is 2.37. The van der Waals surface area contributed by atoms with Crippen molar-refractivity contribution < 1.29 is 9.90 Å². The highest BCUT2D eigenvalue weighted by atomic mass is 16.3. The normalized spacial score (nSPS) is 12.4. The Balaban J connectivity index is 2.53. The number of fused-ring (bicyclic) bond motifs is 1. The second-order valence-corrected chi connectivity index (χ2v) is 3.73. The van der Waals surface area contributed by atoms with Gasteiger partial charge in [0.25, 0.3) is 5.91 Å². The first-order valence-corrected chi connectivity index (χ1v) is 5.19. The number of aromatic nitrogens is 1. The van der Waals surface area contributed by atoms with Crippen LogP contribution in [0.1, 0.15) is 17.3 Å². The van der Waals surface area contributed by atoms with E-state index in [2.05, 4.69) is 10.3 Å². The van der Waals surface area contributed by atoms with E-state index in [-0.39, 0.29) is 11.0 Å². The van der Waals surface area contributed by atoms with E-state index in [0.29, 0.717) is 10.9 Å². The summed E-state index contributed by atoms with van der Waals surface area (Å²) in [5.41, 5.74) is 0.313. The van der Waals surface area contributed by atoms with Crippen LogP contribution in [0.3, 0.4) is 0 Å². The summed E-state index contributed by atoms with van der Waals surface area (Å²) in [6.45, 7) is 1.41. The van der Waals surface area contributed by atoms with Gasteiger partial charge in [0.05, 0.1) is 0 Å². The van der Waals surface area contributed by atoms with Crippen molar-refractivity contribution in [2.24, 2.45) is 0 Å². The molecule has 1 aromatic carbocycles. The fourth-order valence-corrected chi connectivity index (χ4v) is 1.60. The highest BCUT2D eigenvalue weighted by Gasteiger charge is 2.13. The maximum atomic E-state index is 12.0. The van der Waals surface area contributed by atoms with Crippen molar-refractivity contribution in [3.05, 3.63) is 46.2 Å². The predicted octanol–water partition coefficient (Wildman–Crippen LogP) is 0.596. The maximum Gasteiger partial charge on any atom is 0.258 e. The van der Waals surface area contributed by atoms with Gasteiger partial charge >= 0.3 is 0 Å². The van der Waals surface area contributed by atoms with E-state index in [1.807, 2.05) is 0 Å². The number of para-hydroxylation sites is 1. The number of carbonyl (C=O) groups is 1. The number of aromatic amines is 1. The first kappa shape index (κ1) is 11.3. The average Bonchev–Trinajstić information content (AvgIpc) is 2.28. The monoisotopic (exact) mass is 232 g/mol. The number of H-pyrrole nitrogens is 1. The van der Waals surface area contributed by atoms with Crippen LogP contribution in [-0.2, 0) is 0 Å². The molecule has 0 radical (unpaired) electrons. The van der Waals surface area contributed by atoms with E-state index in [1.165, 1.54) is 13.1 Å². The van der Waals surface area contributed by atoms with Crippen LogP contribution in [0.4, 0.5) is 0 Å². The second kappa shape index (κ2) is 4.39.